The van der Waals surface area contributed by atoms with Crippen LogP contribution >= 0.6 is 0 Å². The molecule has 0 aliphatic rings. The standard InChI is InChI=1S/C31H39N5O6S/c1-8-41-17-25-15-24(16-32-30-29(21(4)37)20(3)33-23(6)34-30)13-14-26(25)27-11-9-10-12-28(27)43(38,39)36(18-40-7)31-19(2)22(5)42-35-31/h9-15,21,37H,8,16-18H2,1-7H3,(H,32,33,34). The zero-order valence-electron chi connectivity index (χ0n) is 25.6. The summed E-state index contributed by atoms with van der Waals surface area (Å²) in [6.07, 6.45) is -0.736. The van der Waals surface area contributed by atoms with Crippen molar-refractivity contribution in [3.8, 4) is 11.1 Å². The van der Waals surface area contributed by atoms with Crippen molar-refractivity contribution in [1.29, 1.82) is 0 Å². The lowest BCUT2D eigenvalue weighted by molar-refractivity contribution is 0.134. The van der Waals surface area contributed by atoms with Crippen LogP contribution in [-0.2, 0) is 32.6 Å². The van der Waals surface area contributed by atoms with Crippen molar-refractivity contribution in [2.24, 2.45) is 0 Å². The molecule has 1 unspecified atom stereocenters. The molecule has 0 bridgehead atoms. The SMILES string of the molecule is CCOCc1cc(CNc2nc(C)nc(C)c2C(C)O)ccc1-c1ccccc1S(=O)(=O)N(COC)c1noc(C)c1C. The molecule has 0 amide bonds. The smallest absolute Gasteiger partial charge is 0.268 e. The highest BCUT2D eigenvalue weighted by Crippen LogP contribution is 2.35. The van der Waals surface area contributed by atoms with Crippen molar-refractivity contribution in [3.63, 3.8) is 0 Å². The Hall–Kier alpha value is -3.84. The van der Waals surface area contributed by atoms with Gasteiger partial charge in [-0.25, -0.2) is 22.7 Å². The largest absolute Gasteiger partial charge is 0.388 e. The minimum Gasteiger partial charge on any atom is -0.388 e. The summed E-state index contributed by atoms with van der Waals surface area (Å²) in [4.78, 5) is 8.99. The molecule has 2 heterocycles. The Labute approximate surface area is 252 Å². The van der Waals surface area contributed by atoms with Gasteiger partial charge in [0.2, 0.25) is 0 Å². The molecule has 0 radical (unpaired) electrons. The highest BCUT2D eigenvalue weighted by Gasteiger charge is 2.32. The van der Waals surface area contributed by atoms with Gasteiger partial charge in [-0.3, -0.25) is 0 Å². The Morgan fingerprint density at radius 1 is 1.07 bits per heavy atom. The van der Waals surface area contributed by atoms with E-state index < -0.39 is 16.1 Å². The fourth-order valence-electron chi connectivity index (χ4n) is 4.93. The van der Waals surface area contributed by atoms with E-state index >= 15 is 0 Å². The van der Waals surface area contributed by atoms with Crippen LogP contribution in [0.5, 0.6) is 0 Å². The molecule has 0 aliphatic heterocycles. The highest BCUT2D eigenvalue weighted by atomic mass is 32.2. The predicted molar refractivity (Wildman–Crippen MR) is 164 cm³/mol. The maximum atomic E-state index is 14.2. The fourth-order valence-corrected chi connectivity index (χ4v) is 6.51. The molecule has 0 fully saturated rings. The van der Waals surface area contributed by atoms with Crippen molar-refractivity contribution in [1.82, 2.24) is 15.1 Å². The third-order valence-electron chi connectivity index (χ3n) is 7.12. The topological polar surface area (TPSA) is 140 Å². The predicted octanol–water partition coefficient (Wildman–Crippen LogP) is 5.37. The van der Waals surface area contributed by atoms with Crippen LogP contribution in [-0.4, -0.2) is 49.1 Å². The number of rotatable bonds is 13. The van der Waals surface area contributed by atoms with E-state index in [1.807, 2.05) is 39.0 Å². The number of benzene rings is 2. The number of nitrogens with one attached hydrogen (secondary N) is 1. The lowest BCUT2D eigenvalue weighted by atomic mass is 9.97. The second-order valence-electron chi connectivity index (χ2n) is 10.2. The number of aliphatic hydroxyl groups is 1. The summed E-state index contributed by atoms with van der Waals surface area (Å²) in [7, 11) is -2.70. The lowest BCUT2D eigenvalue weighted by Crippen LogP contribution is -2.34. The number of aromatic nitrogens is 3. The molecule has 0 saturated heterocycles. The third kappa shape index (κ3) is 6.88. The van der Waals surface area contributed by atoms with Gasteiger partial charge in [0.1, 0.15) is 24.1 Å². The van der Waals surface area contributed by atoms with Crippen molar-refractivity contribution in [2.75, 3.05) is 30.1 Å². The van der Waals surface area contributed by atoms with Crippen LogP contribution in [0.1, 0.15) is 59.5 Å². The van der Waals surface area contributed by atoms with E-state index in [1.165, 1.54) is 7.11 Å². The third-order valence-corrected chi connectivity index (χ3v) is 8.89. The summed E-state index contributed by atoms with van der Waals surface area (Å²) < 4.78 is 45.8. The van der Waals surface area contributed by atoms with Crippen LogP contribution in [0.25, 0.3) is 11.1 Å². The van der Waals surface area contributed by atoms with Gasteiger partial charge in [-0.15, -0.1) is 0 Å². The number of hydrogen-bond donors (Lipinski definition) is 2. The fraction of sp³-hybridized carbons (Fsp3) is 0.387. The normalized spacial score (nSPS) is 12.4. The molecule has 230 valence electrons. The molecule has 12 heteroatoms. The quantitative estimate of drug-likeness (QED) is 0.190. The first-order valence-electron chi connectivity index (χ1n) is 14.0. The average Bonchev–Trinajstić information content (AvgIpc) is 3.30. The van der Waals surface area contributed by atoms with E-state index in [2.05, 4.69) is 20.4 Å². The van der Waals surface area contributed by atoms with Crippen LogP contribution in [0.4, 0.5) is 11.6 Å². The Balaban J connectivity index is 1.75. The molecule has 43 heavy (non-hydrogen) atoms. The summed E-state index contributed by atoms with van der Waals surface area (Å²) in [5.74, 6) is 1.88. The average molecular weight is 610 g/mol. The Bertz CT molecular complexity index is 1690. The minimum absolute atomic E-state index is 0.101. The van der Waals surface area contributed by atoms with E-state index in [0.717, 1.165) is 21.0 Å². The number of anilines is 2. The maximum absolute atomic E-state index is 14.2. The van der Waals surface area contributed by atoms with Gasteiger partial charge < -0.3 is 24.4 Å². The van der Waals surface area contributed by atoms with E-state index in [4.69, 9.17) is 14.0 Å². The molecular weight excluding hydrogens is 570 g/mol. The van der Waals surface area contributed by atoms with Gasteiger partial charge in [0.15, 0.2) is 5.82 Å². The first-order valence-corrected chi connectivity index (χ1v) is 15.4. The van der Waals surface area contributed by atoms with E-state index in [0.29, 0.717) is 52.9 Å². The van der Waals surface area contributed by atoms with Gasteiger partial charge in [0, 0.05) is 42.6 Å². The summed E-state index contributed by atoms with van der Waals surface area (Å²) in [5, 5.41) is 17.7. The van der Waals surface area contributed by atoms with Crippen molar-refractivity contribution in [2.45, 2.75) is 65.7 Å². The molecule has 1 atom stereocenters. The zero-order valence-corrected chi connectivity index (χ0v) is 26.4. The van der Waals surface area contributed by atoms with Crippen LogP contribution in [0.3, 0.4) is 0 Å². The van der Waals surface area contributed by atoms with Crippen LogP contribution in [0.2, 0.25) is 0 Å². The van der Waals surface area contributed by atoms with Gasteiger partial charge in [0.25, 0.3) is 10.0 Å². The van der Waals surface area contributed by atoms with Gasteiger partial charge in [-0.2, -0.15) is 0 Å². The van der Waals surface area contributed by atoms with Gasteiger partial charge in [0.05, 0.1) is 17.6 Å². The molecule has 2 aromatic carbocycles. The summed E-state index contributed by atoms with van der Waals surface area (Å²) in [5.41, 5.74) is 4.97. The molecule has 2 N–H and O–H groups in total. The number of hydrogen-bond acceptors (Lipinski definition) is 10. The monoisotopic (exact) mass is 609 g/mol. The molecule has 2 aromatic heterocycles. The van der Waals surface area contributed by atoms with Crippen molar-refractivity contribution in [3.05, 3.63) is 82.0 Å². The van der Waals surface area contributed by atoms with Gasteiger partial charge >= 0.3 is 0 Å². The second-order valence-corrected chi connectivity index (χ2v) is 12.1. The van der Waals surface area contributed by atoms with Crippen LogP contribution in [0.15, 0.2) is 51.9 Å². The molecule has 11 nitrogen and oxygen atoms in total. The maximum Gasteiger partial charge on any atom is 0.268 e. The summed E-state index contributed by atoms with van der Waals surface area (Å²) in [6, 6.07) is 12.7. The first kappa shape index (κ1) is 32.1. The van der Waals surface area contributed by atoms with Crippen molar-refractivity contribution < 1.29 is 27.5 Å². The van der Waals surface area contributed by atoms with Crippen LogP contribution < -0.4 is 9.62 Å². The van der Waals surface area contributed by atoms with Gasteiger partial charge in [-0.05, 0) is 64.3 Å². The van der Waals surface area contributed by atoms with Gasteiger partial charge in [-0.1, -0.05) is 41.6 Å². The van der Waals surface area contributed by atoms with Crippen LogP contribution in [0, 0.1) is 27.7 Å². The molecule has 0 spiro atoms. The molecule has 0 aliphatic carbocycles. The Morgan fingerprint density at radius 3 is 2.47 bits per heavy atom. The second kappa shape index (κ2) is 13.6. The molecule has 4 rings (SSSR count). The number of aryl methyl sites for hydroxylation is 3. The molecule has 4 aromatic rings. The number of methoxy groups -OCH3 is 1. The number of nitrogens with zero attached hydrogens (tertiary/aromatic N) is 4. The summed E-state index contributed by atoms with van der Waals surface area (Å²) in [6.45, 7) is 11.7. The number of sulfonamides is 1. The Kier molecular flexibility index (Phi) is 10.2. The molecular formula is C31H39N5O6S. The van der Waals surface area contributed by atoms with Crippen molar-refractivity contribution >= 4 is 21.7 Å². The highest BCUT2D eigenvalue weighted by molar-refractivity contribution is 7.93. The number of ether oxygens (including phenoxy) is 2. The first-order chi connectivity index (χ1) is 20.5. The van der Waals surface area contributed by atoms with E-state index in [9.17, 15) is 13.5 Å². The lowest BCUT2D eigenvalue weighted by Gasteiger charge is -2.23. The molecule has 0 saturated carbocycles. The number of aliphatic hydroxyl groups excluding tert-OH is 1. The Morgan fingerprint density at radius 2 is 1.81 bits per heavy atom. The summed E-state index contributed by atoms with van der Waals surface area (Å²) >= 11 is 0. The minimum atomic E-state index is -4.12. The van der Waals surface area contributed by atoms with E-state index in [-0.39, 0.29) is 24.1 Å². The zero-order chi connectivity index (χ0) is 31.3. The van der Waals surface area contributed by atoms with E-state index in [1.54, 1.807) is 45.0 Å².